The number of rotatable bonds is 5. The predicted octanol–water partition coefficient (Wildman–Crippen LogP) is 3.98. The number of hydrogen-bond donors (Lipinski definition) is 1. The van der Waals surface area contributed by atoms with E-state index in [0.717, 1.165) is 35.9 Å². The Bertz CT molecular complexity index is 973. The highest BCUT2D eigenvalue weighted by molar-refractivity contribution is 7.17. The van der Waals surface area contributed by atoms with E-state index < -0.39 is 12.1 Å². The fraction of sp³-hybridized carbons (Fsp3) is 0.381. The minimum absolute atomic E-state index is 0.143. The summed E-state index contributed by atoms with van der Waals surface area (Å²) in [6.45, 7) is 0. The van der Waals surface area contributed by atoms with Gasteiger partial charge in [-0.3, -0.25) is 9.78 Å². The summed E-state index contributed by atoms with van der Waals surface area (Å²) in [4.78, 5) is 29.9. The number of ether oxygens (including phenoxy) is 1. The molecule has 146 valence electrons. The van der Waals surface area contributed by atoms with Crippen LogP contribution in [0.5, 0.6) is 0 Å². The number of thiophene rings is 1. The quantitative estimate of drug-likeness (QED) is 0.661. The minimum atomic E-state index is -0.995. The van der Waals surface area contributed by atoms with E-state index in [-0.39, 0.29) is 11.9 Å². The number of hydrogen-bond acceptors (Lipinski definition) is 5. The Balaban J connectivity index is 1.56. The Morgan fingerprint density at radius 2 is 1.96 bits per heavy atom. The zero-order chi connectivity index (χ0) is 19.5. The lowest BCUT2D eigenvalue weighted by Crippen LogP contribution is -2.40. The summed E-state index contributed by atoms with van der Waals surface area (Å²) in [5.41, 5.74) is 2.03. The lowest BCUT2D eigenvalue weighted by molar-refractivity contribution is -0.131. The molecule has 1 fully saturated rings. The Labute approximate surface area is 167 Å². The van der Waals surface area contributed by atoms with Crippen molar-refractivity contribution in [2.45, 2.75) is 44.2 Å². The average molecular weight is 398 g/mol. The number of amides is 1. The van der Waals surface area contributed by atoms with Crippen molar-refractivity contribution < 1.29 is 14.3 Å². The topological polar surface area (TPSA) is 73.2 Å². The van der Waals surface area contributed by atoms with E-state index in [9.17, 15) is 9.59 Å². The van der Waals surface area contributed by atoms with Gasteiger partial charge in [0.05, 0.1) is 10.2 Å². The molecule has 0 unspecified atom stereocenters. The van der Waals surface area contributed by atoms with Crippen molar-refractivity contribution in [1.82, 2.24) is 14.9 Å². The minimum Gasteiger partial charge on any atom is -0.443 e. The predicted molar refractivity (Wildman–Crippen MR) is 108 cm³/mol. The third-order valence-corrected chi connectivity index (χ3v) is 6.15. The zero-order valence-corrected chi connectivity index (χ0v) is 16.6. The number of nitrogens with one attached hydrogen (secondary N) is 1. The van der Waals surface area contributed by atoms with E-state index in [1.54, 1.807) is 40.4 Å². The Kier molecular flexibility index (Phi) is 5.43. The zero-order valence-electron chi connectivity index (χ0n) is 15.8. The Morgan fingerprint density at radius 3 is 2.68 bits per heavy atom. The van der Waals surface area contributed by atoms with E-state index in [1.165, 1.54) is 6.42 Å². The number of esters is 1. The summed E-state index contributed by atoms with van der Waals surface area (Å²) in [5.74, 6) is -0.783. The van der Waals surface area contributed by atoms with E-state index in [0.29, 0.717) is 11.3 Å². The van der Waals surface area contributed by atoms with Gasteiger partial charge in [-0.25, -0.2) is 4.79 Å². The standard InChI is InChI=1S/C21H23N3O3S/c1-24-16-9-12-28-18(16)13-17(24)21(26)27-19(14-7-10-22-11-8-14)20(25)23-15-5-3-2-4-6-15/h7-13,15,19H,2-6H2,1H3,(H,23,25)/t19-/m0/s1. The molecule has 7 heteroatoms. The molecule has 0 radical (unpaired) electrons. The van der Waals surface area contributed by atoms with Crippen LogP contribution in [-0.4, -0.2) is 27.5 Å². The summed E-state index contributed by atoms with van der Waals surface area (Å²) in [5, 5.41) is 5.05. The normalized spacial score (nSPS) is 16.0. The van der Waals surface area contributed by atoms with Crippen molar-refractivity contribution >= 4 is 33.4 Å². The van der Waals surface area contributed by atoms with Crippen LogP contribution < -0.4 is 5.32 Å². The van der Waals surface area contributed by atoms with Crippen LogP contribution in [-0.2, 0) is 16.6 Å². The third-order valence-electron chi connectivity index (χ3n) is 5.30. The summed E-state index contributed by atoms with van der Waals surface area (Å²) >= 11 is 1.57. The SMILES string of the molecule is Cn1c(C(=O)O[C@H](C(=O)NC2CCCCC2)c2ccncc2)cc2sccc21. The molecule has 0 bridgehead atoms. The van der Waals surface area contributed by atoms with Crippen LogP contribution in [0, 0.1) is 0 Å². The highest BCUT2D eigenvalue weighted by atomic mass is 32.1. The number of carbonyl (C=O) groups is 2. The molecule has 28 heavy (non-hydrogen) atoms. The molecule has 1 aliphatic rings. The molecule has 0 saturated heterocycles. The molecule has 1 aliphatic carbocycles. The molecule has 0 spiro atoms. The van der Waals surface area contributed by atoms with Gasteiger partial charge in [-0.1, -0.05) is 19.3 Å². The second kappa shape index (κ2) is 8.14. The largest absolute Gasteiger partial charge is 0.443 e. The molecule has 3 heterocycles. The van der Waals surface area contributed by atoms with Gasteiger partial charge in [0.2, 0.25) is 6.10 Å². The first-order valence-electron chi connectivity index (χ1n) is 9.57. The molecular weight excluding hydrogens is 374 g/mol. The molecular formula is C21H23N3O3S. The van der Waals surface area contributed by atoms with Crippen LogP contribution in [0.4, 0.5) is 0 Å². The maximum Gasteiger partial charge on any atom is 0.356 e. The first-order chi connectivity index (χ1) is 13.6. The molecule has 6 nitrogen and oxygen atoms in total. The molecule has 1 amide bonds. The van der Waals surface area contributed by atoms with E-state index in [4.69, 9.17) is 4.74 Å². The summed E-state index contributed by atoms with van der Waals surface area (Å²) < 4.78 is 8.53. The Hall–Kier alpha value is -2.67. The van der Waals surface area contributed by atoms with Crippen LogP contribution in [0.3, 0.4) is 0 Å². The van der Waals surface area contributed by atoms with Crippen molar-refractivity contribution in [1.29, 1.82) is 0 Å². The Morgan fingerprint density at radius 1 is 1.21 bits per heavy atom. The molecule has 3 aromatic rings. The lowest BCUT2D eigenvalue weighted by atomic mass is 9.95. The van der Waals surface area contributed by atoms with Crippen molar-refractivity contribution in [2.75, 3.05) is 0 Å². The van der Waals surface area contributed by atoms with Crippen LogP contribution in [0.15, 0.2) is 42.0 Å². The molecule has 1 N–H and O–H groups in total. The van der Waals surface area contributed by atoms with Crippen LogP contribution in [0.1, 0.15) is 54.3 Å². The van der Waals surface area contributed by atoms with Gasteiger partial charge in [0.15, 0.2) is 0 Å². The molecule has 1 atom stereocenters. The maximum atomic E-state index is 13.0. The van der Waals surface area contributed by atoms with Gasteiger partial charge >= 0.3 is 5.97 Å². The smallest absolute Gasteiger partial charge is 0.356 e. The first-order valence-corrected chi connectivity index (χ1v) is 10.5. The van der Waals surface area contributed by atoms with Gasteiger partial charge in [-0.15, -0.1) is 11.3 Å². The molecule has 0 aromatic carbocycles. The van der Waals surface area contributed by atoms with Gasteiger partial charge in [0.1, 0.15) is 5.69 Å². The number of fused-ring (bicyclic) bond motifs is 1. The molecule has 1 saturated carbocycles. The van der Waals surface area contributed by atoms with Gasteiger partial charge in [0.25, 0.3) is 5.91 Å². The highest BCUT2D eigenvalue weighted by Gasteiger charge is 2.29. The van der Waals surface area contributed by atoms with Crippen LogP contribution >= 0.6 is 11.3 Å². The number of pyridine rings is 1. The lowest BCUT2D eigenvalue weighted by Gasteiger charge is -2.25. The van der Waals surface area contributed by atoms with Crippen molar-refractivity contribution in [3.8, 4) is 0 Å². The molecule has 3 aromatic heterocycles. The van der Waals surface area contributed by atoms with Crippen molar-refractivity contribution in [3.63, 3.8) is 0 Å². The summed E-state index contributed by atoms with van der Waals surface area (Å²) in [6.07, 6.45) is 7.58. The average Bonchev–Trinajstić information content (AvgIpc) is 3.30. The van der Waals surface area contributed by atoms with Crippen molar-refractivity contribution in [2.24, 2.45) is 7.05 Å². The maximum absolute atomic E-state index is 13.0. The van der Waals surface area contributed by atoms with Gasteiger partial charge in [-0.05, 0) is 42.5 Å². The third kappa shape index (κ3) is 3.80. The molecule has 4 rings (SSSR count). The van der Waals surface area contributed by atoms with E-state index >= 15 is 0 Å². The fourth-order valence-corrected chi connectivity index (χ4v) is 4.60. The van der Waals surface area contributed by atoms with Crippen molar-refractivity contribution in [3.05, 3.63) is 53.3 Å². The monoisotopic (exact) mass is 397 g/mol. The number of carbonyl (C=O) groups excluding carboxylic acids is 2. The van der Waals surface area contributed by atoms with Crippen LogP contribution in [0.25, 0.3) is 10.2 Å². The highest BCUT2D eigenvalue weighted by Crippen LogP contribution is 2.27. The second-order valence-corrected chi connectivity index (χ2v) is 8.12. The molecule has 0 aliphatic heterocycles. The van der Waals surface area contributed by atoms with Gasteiger partial charge in [-0.2, -0.15) is 0 Å². The number of aromatic nitrogens is 2. The second-order valence-electron chi connectivity index (χ2n) is 7.17. The fourth-order valence-electron chi connectivity index (χ4n) is 3.75. The van der Waals surface area contributed by atoms with Gasteiger partial charge < -0.3 is 14.6 Å². The summed E-state index contributed by atoms with van der Waals surface area (Å²) in [7, 11) is 1.83. The number of aryl methyl sites for hydroxylation is 1. The van der Waals surface area contributed by atoms with E-state index in [1.807, 2.05) is 24.6 Å². The van der Waals surface area contributed by atoms with E-state index in [2.05, 4.69) is 10.3 Å². The summed E-state index contributed by atoms with van der Waals surface area (Å²) in [6, 6.07) is 7.34. The first kappa shape index (κ1) is 18.7. The van der Waals surface area contributed by atoms with Gasteiger partial charge in [0, 0.05) is 31.0 Å². The van der Waals surface area contributed by atoms with Crippen LogP contribution in [0.2, 0.25) is 0 Å². The number of nitrogens with zero attached hydrogens (tertiary/aromatic N) is 2.